The number of carbonyl (C=O) groups excluding carboxylic acids is 2. The summed E-state index contributed by atoms with van der Waals surface area (Å²) >= 11 is 0. The van der Waals surface area contributed by atoms with Gasteiger partial charge in [0.1, 0.15) is 0 Å². The van der Waals surface area contributed by atoms with Crippen LogP contribution in [-0.2, 0) is 19.1 Å². The number of ether oxygens (including phenoxy) is 2. The van der Waals surface area contributed by atoms with E-state index in [2.05, 4.69) is 0 Å². The zero-order valence-electron chi connectivity index (χ0n) is 12.9. The molecule has 1 aromatic rings. The predicted octanol–water partition coefficient (Wildman–Crippen LogP) is 2.75. The van der Waals surface area contributed by atoms with E-state index >= 15 is 0 Å². The fourth-order valence-electron chi connectivity index (χ4n) is 1.67. The molecule has 7 heteroatoms. The van der Waals surface area contributed by atoms with Crippen LogP contribution in [0.4, 0.5) is 5.69 Å². The van der Waals surface area contributed by atoms with Crippen molar-refractivity contribution in [3.8, 4) is 0 Å². The molecule has 1 rings (SSSR count). The summed E-state index contributed by atoms with van der Waals surface area (Å²) in [6, 6.07) is 4.38. The molecule has 0 amide bonds. The average molecular weight is 319 g/mol. The van der Waals surface area contributed by atoms with E-state index < -0.39 is 16.9 Å². The predicted molar refractivity (Wildman–Crippen MR) is 84.4 cm³/mol. The van der Waals surface area contributed by atoms with Gasteiger partial charge in [-0.25, -0.2) is 9.59 Å². The van der Waals surface area contributed by atoms with Crippen LogP contribution in [0.25, 0.3) is 12.2 Å². The van der Waals surface area contributed by atoms with Crippen molar-refractivity contribution >= 4 is 29.8 Å². The number of nitrogens with zero attached hydrogens (tertiary/aromatic N) is 1. The minimum Gasteiger partial charge on any atom is -0.463 e. The zero-order valence-corrected chi connectivity index (χ0v) is 12.9. The monoisotopic (exact) mass is 319 g/mol. The summed E-state index contributed by atoms with van der Waals surface area (Å²) in [5.74, 6) is -1.10. The van der Waals surface area contributed by atoms with Crippen molar-refractivity contribution in [2.45, 2.75) is 13.8 Å². The highest BCUT2D eigenvalue weighted by atomic mass is 16.6. The second-order valence-electron chi connectivity index (χ2n) is 4.25. The lowest BCUT2D eigenvalue weighted by atomic mass is 10.1. The average Bonchev–Trinajstić information content (AvgIpc) is 2.51. The largest absolute Gasteiger partial charge is 0.463 e. The van der Waals surface area contributed by atoms with E-state index in [0.29, 0.717) is 5.56 Å². The fraction of sp³-hybridized carbons (Fsp3) is 0.250. The number of benzene rings is 1. The smallest absolute Gasteiger partial charge is 0.330 e. The van der Waals surface area contributed by atoms with Crippen LogP contribution >= 0.6 is 0 Å². The topological polar surface area (TPSA) is 95.7 Å². The van der Waals surface area contributed by atoms with Crippen LogP contribution in [0.2, 0.25) is 0 Å². The molecular weight excluding hydrogens is 302 g/mol. The van der Waals surface area contributed by atoms with Gasteiger partial charge in [-0.05, 0) is 37.6 Å². The molecule has 0 bridgehead atoms. The van der Waals surface area contributed by atoms with E-state index in [-0.39, 0.29) is 24.5 Å². The molecule has 0 aromatic heterocycles. The van der Waals surface area contributed by atoms with E-state index in [1.807, 2.05) is 0 Å². The molecule has 0 atom stereocenters. The molecule has 0 unspecified atom stereocenters. The molecule has 0 saturated carbocycles. The Morgan fingerprint density at radius 3 is 2.17 bits per heavy atom. The Balaban J connectivity index is 3.01. The highest BCUT2D eigenvalue weighted by molar-refractivity contribution is 5.89. The van der Waals surface area contributed by atoms with Crippen LogP contribution < -0.4 is 0 Å². The van der Waals surface area contributed by atoms with Crippen molar-refractivity contribution in [3.05, 3.63) is 51.6 Å². The lowest BCUT2D eigenvalue weighted by Crippen LogP contribution is -1.99. The summed E-state index contributed by atoms with van der Waals surface area (Å²) in [5.41, 5.74) is 0.547. The summed E-state index contributed by atoms with van der Waals surface area (Å²) in [6.07, 6.45) is 5.05. The van der Waals surface area contributed by atoms with Crippen LogP contribution in [-0.4, -0.2) is 30.1 Å². The lowest BCUT2D eigenvalue weighted by molar-refractivity contribution is -0.385. The third-order valence-electron chi connectivity index (χ3n) is 2.64. The molecule has 0 aliphatic heterocycles. The molecule has 0 spiro atoms. The van der Waals surface area contributed by atoms with E-state index in [0.717, 1.165) is 6.08 Å². The Hall–Kier alpha value is -2.96. The van der Waals surface area contributed by atoms with Gasteiger partial charge >= 0.3 is 11.9 Å². The standard InChI is InChI=1S/C16H17NO6/c1-3-22-15(18)9-6-12-5-7-13(14(11-12)17(20)21)8-10-16(19)23-4-2/h5-11H,3-4H2,1-2H3. The summed E-state index contributed by atoms with van der Waals surface area (Å²) in [4.78, 5) is 33.1. The van der Waals surface area contributed by atoms with Crippen molar-refractivity contribution in [2.75, 3.05) is 13.2 Å². The van der Waals surface area contributed by atoms with Crippen molar-refractivity contribution in [1.82, 2.24) is 0 Å². The van der Waals surface area contributed by atoms with Gasteiger partial charge in [-0.3, -0.25) is 10.1 Å². The van der Waals surface area contributed by atoms with Crippen molar-refractivity contribution in [2.24, 2.45) is 0 Å². The molecule has 0 aliphatic rings. The first-order valence-electron chi connectivity index (χ1n) is 6.96. The molecule has 23 heavy (non-hydrogen) atoms. The maximum atomic E-state index is 11.3. The third kappa shape index (κ3) is 6.13. The molecule has 0 heterocycles. The zero-order chi connectivity index (χ0) is 17.2. The molecule has 1 aromatic carbocycles. The Morgan fingerprint density at radius 1 is 1.09 bits per heavy atom. The van der Waals surface area contributed by atoms with Gasteiger partial charge in [-0.1, -0.05) is 6.07 Å². The number of rotatable bonds is 7. The van der Waals surface area contributed by atoms with Gasteiger partial charge in [0.2, 0.25) is 0 Å². The van der Waals surface area contributed by atoms with Crippen molar-refractivity contribution in [3.63, 3.8) is 0 Å². The van der Waals surface area contributed by atoms with Gasteiger partial charge in [0.05, 0.1) is 23.7 Å². The molecule has 0 radical (unpaired) electrons. The molecule has 0 saturated heterocycles. The SMILES string of the molecule is CCOC(=O)C=Cc1ccc(C=CC(=O)OCC)c([N+](=O)[O-])c1. The number of hydrogen-bond acceptors (Lipinski definition) is 6. The number of hydrogen-bond donors (Lipinski definition) is 0. The van der Waals surface area contributed by atoms with Gasteiger partial charge in [-0.2, -0.15) is 0 Å². The van der Waals surface area contributed by atoms with Gasteiger partial charge in [0, 0.05) is 18.2 Å². The van der Waals surface area contributed by atoms with Crippen molar-refractivity contribution in [1.29, 1.82) is 0 Å². The second-order valence-corrected chi connectivity index (χ2v) is 4.25. The van der Waals surface area contributed by atoms with Gasteiger partial charge in [-0.15, -0.1) is 0 Å². The molecule has 0 aliphatic carbocycles. The maximum Gasteiger partial charge on any atom is 0.330 e. The van der Waals surface area contributed by atoms with Gasteiger partial charge in [0.15, 0.2) is 0 Å². The maximum absolute atomic E-state index is 11.3. The molecule has 0 N–H and O–H groups in total. The van der Waals surface area contributed by atoms with E-state index in [1.165, 1.54) is 30.4 Å². The highest BCUT2D eigenvalue weighted by Crippen LogP contribution is 2.22. The van der Waals surface area contributed by atoms with Crippen LogP contribution in [0.15, 0.2) is 30.4 Å². The van der Waals surface area contributed by atoms with Crippen LogP contribution in [0.1, 0.15) is 25.0 Å². The summed E-state index contributed by atoms with van der Waals surface area (Å²) in [6.45, 7) is 3.82. The quantitative estimate of drug-likeness (QED) is 0.332. The summed E-state index contributed by atoms with van der Waals surface area (Å²) < 4.78 is 9.45. The minimum absolute atomic E-state index is 0.184. The second kappa shape index (κ2) is 9.14. The molecule has 7 nitrogen and oxygen atoms in total. The Labute approximate surface area is 133 Å². The number of nitro groups is 1. The Kier molecular flexibility index (Phi) is 7.19. The number of carbonyl (C=O) groups is 2. The summed E-state index contributed by atoms with van der Waals surface area (Å²) in [7, 11) is 0. The minimum atomic E-state index is -0.576. The van der Waals surface area contributed by atoms with E-state index in [1.54, 1.807) is 19.9 Å². The van der Waals surface area contributed by atoms with Crippen LogP contribution in [0.3, 0.4) is 0 Å². The lowest BCUT2D eigenvalue weighted by Gasteiger charge is -2.00. The number of nitro benzene ring substituents is 1. The highest BCUT2D eigenvalue weighted by Gasteiger charge is 2.12. The van der Waals surface area contributed by atoms with Crippen molar-refractivity contribution < 1.29 is 24.0 Å². The van der Waals surface area contributed by atoms with Crippen LogP contribution in [0, 0.1) is 10.1 Å². The summed E-state index contributed by atoms with van der Waals surface area (Å²) in [5, 5.41) is 11.1. The number of esters is 2. The first-order valence-corrected chi connectivity index (χ1v) is 6.96. The van der Waals surface area contributed by atoms with E-state index in [4.69, 9.17) is 9.47 Å². The molecule has 0 fully saturated rings. The Morgan fingerprint density at radius 2 is 1.65 bits per heavy atom. The first kappa shape index (κ1) is 18.1. The first-order chi connectivity index (χ1) is 11.0. The molecule has 122 valence electrons. The molecular formula is C16H17NO6. The van der Waals surface area contributed by atoms with Crippen LogP contribution in [0.5, 0.6) is 0 Å². The Bertz CT molecular complexity index is 648. The normalized spacial score (nSPS) is 10.9. The third-order valence-corrected chi connectivity index (χ3v) is 2.64. The van der Waals surface area contributed by atoms with Gasteiger partial charge < -0.3 is 9.47 Å². The fourth-order valence-corrected chi connectivity index (χ4v) is 1.67. The van der Waals surface area contributed by atoms with Gasteiger partial charge in [0.25, 0.3) is 5.69 Å². The van der Waals surface area contributed by atoms with E-state index in [9.17, 15) is 19.7 Å².